The van der Waals surface area contributed by atoms with Gasteiger partial charge in [-0.1, -0.05) is 12.1 Å². The van der Waals surface area contributed by atoms with Crippen LogP contribution in [0.2, 0.25) is 0 Å². The average molecular weight is 243 g/mol. The zero-order valence-corrected chi connectivity index (χ0v) is 8.90. The smallest absolute Gasteiger partial charge is 0.390 e. The van der Waals surface area contributed by atoms with Crippen molar-refractivity contribution in [1.82, 2.24) is 0 Å². The van der Waals surface area contributed by atoms with Gasteiger partial charge < -0.3 is 5.73 Å². The van der Waals surface area contributed by atoms with Gasteiger partial charge in [0.25, 0.3) is 0 Å². The lowest BCUT2D eigenvalue weighted by molar-refractivity contribution is -0.137. The standard InChI is InChI=1S/C11H8F3NS/c12-11(13,14)8-3-1-2-7(6-8)9-4-5-16-10(9)15/h1-6H,15H2. The van der Waals surface area contributed by atoms with Crippen molar-refractivity contribution in [2.45, 2.75) is 6.18 Å². The van der Waals surface area contributed by atoms with E-state index in [0.29, 0.717) is 16.1 Å². The second kappa shape index (κ2) is 3.83. The van der Waals surface area contributed by atoms with Crippen molar-refractivity contribution in [3.05, 3.63) is 41.3 Å². The van der Waals surface area contributed by atoms with Crippen LogP contribution in [0.4, 0.5) is 18.2 Å². The molecule has 0 saturated heterocycles. The number of hydrogen-bond donors (Lipinski definition) is 1. The Hall–Kier alpha value is -1.49. The van der Waals surface area contributed by atoms with E-state index in [2.05, 4.69) is 0 Å². The van der Waals surface area contributed by atoms with Crippen LogP contribution in [0, 0.1) is 0 Å². The van der Waals surface area contributed by atoms with Crippen molar-refractivity contribution in [2.75, 3.05) is 5.73 Å². The van der Waals surface area contributed by atoms with Gasteiger partial charge in [-0.2, -0.15) is 13.2 Å². The van der Waals surface area contributed by atoms with Crippen LogP contribution in [-0.4, -0.2) is 0 Å². The zero-order valence-electron chi connectivity index (χ0n) is 8.08. The summed E-state index contributed by atoms with van der Waals surface area (Å²) in [6.07, 6.45) is -4.32. The van der Waals surface area contributed by atoms with Gasteiger partial charge in [-0.3, -0.25) is 0 Å². The number of hydrogen-bond acceptors (Lipinski definition) is 2. The first-order valence-corrected chi connectivity index (χ1v) is 5.37. The number of alkyl halides is 3. The van der Waals surface area contributed by atoms with Gasteiger partial charge in [0, 0.05) is 5.56 Å². The SMILES string of the molecule is Nc1sccc1-c1cccc(C(F)(F)F)c1. The fourth-order valence-electron chi connectivity index (χ4n) is 1.42. The van der Waals surface area contributed by atoms with Crippen LogP contribution >= 0.6 is 11.3 Å². The lowest BCUT2D eigenvalue weighted by Gasteiger charge is -2.08. The summed E-state index contributed by atoms with van der Waals surface area (Å²) in [5, 5.41) is 2.28. The van der Waals surface area contributed by atoms with Crippen molar-refractivity contribution in [2.24, 2.45) is 0 Å². The molecule has 0 aliphatic rings. The molecule has 0 saturated carbocycles. The third-order valence-corrected chi connectivity index (χ3v) is 2.94. The number of nitrogen functional groups attached to an aromatic ring is 1. The van der Waals surface area contributed by atoms with Crippen molar-refractivity contribution in [3.8, 4) is 11.1 Å². The maximum absolute atomic E-state index is 12.5. The molecule has 16 heavy (non-hydrogen) atoms. The van der Waals surface area contributed by atoms with Crippen LogP contribution < -0.4 is 5.73 Å². The molecule has 0 bridgehead atoms. The molecule has 1 heterocycles. The summed E-state index contributed by atoms with van der Waals surface area (Å²) in [6.45, 7) is 0. The minimum Gasteiger partial charge on any atom is -0.390 e. The van der Waals surface area contributed by atoms with Gasteiger partial charge in [0.1, 0.15) is 0 Å². The number of benzene rings is 1. The highest BCUT2D eigenvalue weighted by Crippen LogP contribution is 2.35. The Morgan fingerprint density at radius 3 is 2.44 bits per heavy atom. The molecule has 1 aromatic carbocycles. The normalized spacial score (nSPS) is 11.7. The molecule has 2 rings (SSSR count). The van der Waals surface area contributed by atoms with E-state index in [9.17, 15) is 13.2 Å². The lowest BCUT2D eigenvalue weighted by Crippen LogP contribution is -2.04. The van der Waals surface area contributed by atoms with E-state index in [4.69, 9.17) is 5.73 Å². The molecule has 0 amide bonds. The molecular formula is C11H8F3NS. The molecule has 1 aromatic heterocycles. The Labute approximate surface area is 94.3 Å². The maximum Gasteiger partial charge on any atom is 0.416 e. The number of rotatable bonds is 1. The van der Waals surface area contributed by atoms with Gasteiger partial charge in [-0.05, 0) is 29.1 Å². The predicted molar refractivity (Wildman–Crippen MR) is 59.2 cm³/mol. The summed E-state index contributed by atoms with van der Waals surface area (Å²) in [5.41, 5.74) is 6.16. The van der Waals surface area contributed by atoms with Gasteiger partial charge in [0.05, 0.1) is 10.6 Å². The summed E-state index contributed by atoms with van der Waals surface area (Å²) >= 11 is 1.31. The third kappa shape index (κ3) is 2.04. The monoisotopic (exact) mass is 243 g/mol. The van der Waals surface area contributed by atoms with Gasteiger partial charge in [-0.25, -0.2) is 0 Å². The van der Waals surface area contributed by atoms with E-state index in [1.54, 1.807) is 17.5 Å². The molecule has 0 unspecified atom stereocenters. The topological polar surface area (TPSA) is 26.0 Å². The molecule has 0 fully saturated rings. The van der Waals surface area contributed by atoms with Gasteiger partial charge in [0.15, 0.2) is 0 Å². The molecule has 0 radical (unpaired) electrons. The summed E-state index contributed by atoms with van der Waals surface area (Å²) in [6, 6.07) is 6.88. The Morgan fingerprint density at radius 1 is 1.12 bits per heavy atom. The summed E-state index contributed by atoms with van der Waals surface area (Å²) in [4.78, 5) is 0. The number of halogens is 3. The van der Waals surface area contributed by atoms with Crippen LogP contribution in [0.15, 0.2) is 35.7 Å². The van der Waals surface area contributed by atoms with Crippen molar-refractivity contribution >= 4 is 16.3 Å². The van der Waals surface area contributed by atoms with Gasteiger partial charge in [0.2, 0.25) is 0 Å². The predicted octanol–water partition coefficient (Wildman–Crippen LogP) is 4.02. The second-order valence-electron chi connectivity index (χ2n) is 3.28. The minimum absolute atomic E-state index is 0.494. The van der Waals surface area contributed by atoms with E-state index in [1.165, 1.54) is 17.4 Å². The number of anilines is 1. The van der Waals surface area contributed by atoms with Crippen molar-refractivity contribution < 1.29 is 13.2 Å². The van der Waals surface area contributed by atoms with E-state index in [1.807, 2.05) is 0 Å². The molecule has 0 atom stereocenters. The molecule has 0 aliphatic heterocycles. The zero-order chi connectivity index (χ0) is 11.8. The molecule has 2 N–H and O–H groups in total. The van der Waals surface area contributed by atoms with E-state index < -0.39 is 11.7 Å². The van der Waals surface area contributed by atoms with E-state index in [-0.39, 0.29) is 0 Å². The molecule has 0 spiro atoms. The van der Waals surface area contributed by atoms with Crippen LogP contribution in [0.1, 0.15) is 5.56 Å². The Bertz CT molecular complexity index is 502. The first kappa shape index (κ1) is 11.0. The Morgan fingerprint density at radius 2 is 1.88 bits per heavy atom. The Balaban J connectivity index is 2.49. The molecule has 0 aliphatic carbocycles. The summed E-state index contributed by atoms with van der Waals surface area (Å²) in [5.74, 6) is 0. The third-order valence-electron chi connectivity index (χ3n) is 2.20. The summed E-state index contributed by atoms with van der Waals surface area (Å²) < 4.78 is 37.4. The molecular weight excluding hydrogens is 235 g/mol. The molecule has 84 valence electrons. The average Bonchev–Trinajstić information content (AvgIpc) is 2.63. The Kier molecular flexibility index (Phi) is 2.63. The summed E-state index contributed by atoms with van der Waals surface area (Å²) in [7, 11) is 0. The molecule has 1 nitrogen and oxygen atoms in total. The van der Waals surface area contributed by atoms with Crippen LogP contribution in [0.25, 0.3) is 11.1 Å². The molecule has 2 aromatic rings. The number of nitrogens with two attached hydrogens (primary N) is 1. The van der Waals surface area contributed by atoms with E-state index in [0.717, 1.165) is 12.1 Å². The van der Waals surface area contributed by atoms with Crippen LogP contribution in [-0.2, 0) is 6.18 Å². The molecule has 5 heteroatoms. The van der Waals surface area contributed by atoms with Crippen LogP contribution in [0.3, 0.4) is 0 Å². The fraction of sp³-hybridized carbons (Fsp3) is 0.0909. The van der Waals surface area contributed by atoms with Crippen molar-refractivity contribution in [3.63, 3.8) is 0 Å². The largest absolute Gasteiger partial charge is 0.416 e. The van der Waals surface area contributed by atoms with Gasteiger partial charge >= 0.3 is 6.18 Å². The maximum atomic E-state index is 12.5. The van der Waals surface area contributed by atoms with Crippen molar-refractivity contribution in [1.29, 1.82) is 0 Å². The van der Waals surface area contributed by atoms with E-state index >= 15 is 0 Å². The quantitative estimate of drug-likeness (QED) is 0.804. The highest BCUT2D eigenvalue weighted by atomic mass is 32.1. The highest BCUT2D eigenvalue weighted by molar-refractivity contribution is 7.14. The fourth-order valence-corrected chi connectivity index (χ4v) is 2.09. The van der Waals surface area contributed by atoms with Gasteiger partial charge in [-0.15, -0.1) is 11.3 Å². The minimum atomic E-state index is -4.32. The first-order chi connectivity index (χ1) is 7.48. The lowest BCUT2D eigenvalue weighted by atomic mass is 10.1. The first-order valence-electron chi connectivity index (χ1n) is 4.49. The second-order valence-corrected chi connectivity index (χ2v) is 4.22. The number of thiophene rings is 1. The van der Waals surface area contributed by atoms with Crippen LogP contribution in [0.5, 0.6) is 0 Å². The highest BCUT2D eigenvalue weighted by Gasteiger charge is 2.30.